The molecule has 0 saturated carbocycles. The predicted molar refractivity (Wildman–Crippen MR) is 83.0 cm³/mol. The van der Waals surface area contributed by atoms with E-state index in [4.69, 9.17) is 9.47 Å². The first-order chi connectivity index (χ1) is 11.1. The van der Waals surface area contributed by atoms with Gasteiger partial charge in [-0.15, -0.1) is 0 Å². The van der Waals surface area contributed by atoms with Gasteiger partial charge in [0.25, 0.3) is 0 Å². The fraction of sp³-hybridized carbons (Fsp3) is 0.222. The Hall–Kier alpha value is -2.69. The van der Waals surface area contributed by atoms with Crippen LogP contribution in [0.2, 0.25) is 0 Å². The van der Waals surface area contributed by atoms with Crippen molar-refractivity contribution in [3.63, 3.8) is 0 Å². The molecule has 2 aromatic rings. The molecule has 0 fully saturated rings. The van der Waals surface area contributed by atoms with E-state index in [2.05, 4.69) is 0 Å². The van der Waals surface area contributed by atoms with Gasteiger partial charge in [-0.05, 0) is 36.8 Å². The zero-order valence-corrected chi connectivity index (χ0v) is 12.8. The molecular weight excluding hydrogens is 299 g/mol. The average molecular weight is 316 g/mol. The molecule has 0 spiro atoms. The first-order valence-electron chi connectivity index (χ1n) is 7.35. The smallest absolute Gasteiger partial charge is 0.343 e. The molecule has 4 nitrogen and oxygen atoms in total. The highest BCUT2D eigenvalue weighted by Gasteiger charge is 2.14. The molecule has 0 saturated heterocycles. The zero-order valence-electron chi connectivity index (χ0n) is 12.8. The Morgan fingerprint density at radius 3 is 2.39 bits per heavy atom. The molecule has 0 bridgehead atoms. The summed E-state index contributed by atoms with van der Waals surface area (Å²) in [5, 5.41) is 0. The van der Waals surface area contributed by atoms with Crippen LogP contribution in [0.1, 0.15) is 40.5 Å². The third kappa shape index (κ3) is 4.64. The van der Waals surface area contributed by atoms with Gasteiger partial charge < -0.3 is 9.47 Å². The van der Waals surface area contributed by atoms with Crippen LogP contribution in [0.25, 0.3) is 0 Å². The molecule has 0 heterocycles. The van der Waals surface area contributed by atoms with Crippen molar-refractivity contribution >= 4 is 11.9 Å². The maximum Gasteiger partial charge on any atom is 0.343 e. The molecule has 0 aliphatic carbocycles. The predicted octanol–water partition coefficient (Wildman–Crippen LogP) is 4.00. The van der Waals surface area contributed by atoms with Crippen LogP contribution in [0.3, 0.4) is 0 Å². The summed E-state index contributed by atoms with van der Waals surface area (Å²) in [6.45, 7) is 2.33. The number of hydrogen-bond donors (Lipinski definition) is 0. The summed E-state index contributed by atoms with van der Waals surface area (Å²) in [4.78, 5) is 23.9. The molecule has 2 rings (SSSR count). The number of ether oxygens (including phenoxy) is 2. The number of para-hydroxylation sites is 1. The molecule has 120 valence electrons. The normalized spacial score (nSPS) is 10.2. The summed E-state index contributed by atoms with van der Waals surface area (Å²) in [5.74, 6) is -2.03. The van der Waals surface area contributed by atoms with Crippen LogP contribution in [0.4, 0.5) is 4.39 Å². The molecule has 0 N–H and O–H groups in total. The van der Waals surface area contributed by atoms with E-state index in [1.54, 1.807) is 18.2 Å². The van der Waals surface area contributed by atoms with Gasteiger partial charge in [-0.3, -0.25) is 0 Å². The van der Waals surface area contributed by atoms with Crippen LogP contribution >= 0.6 is 0 Å². The lowest BCUT2D eigenvalue weighted by Crippen LogP contribution is -2.12. The average Bonchev–Trinajstić information content (AvgIpc) is 2.57. The van der Waals surface area contributed by atoms with E-state index in [0.717, 1.165) is 12.8 Å². The molecule has 23 heavy (non-hydrogen) atoms. The highest BCUT2D eigenvalue weighted by molar-refractivity contribution is 5.96. The monoisotopic (exact) mass is 316 g/mol. The largest absolute Gasteiger partial charge is 0.462 e. The van der Waals surface area contributed by atoms with Crippen molar-refractivity contribution in [2.75, 3.05) is 6.61 Å². The minimum absolute atomic E-state index is 0.151. The maximum atomic E-state index is 13.5. The summed E-state index contributed by atoms with van der Waals surface area (Å²) in [6, 6.07) is 11.6. The van der Waals surface area contributed by atoms with E-state index < -0.39 is 17.8 Å². The van der Waals surface area contributed by atoms with Crippen molar-refractivity contribution in [1.29, 1.82) is 0 Å². The Morgan fingerprint density at radius 1 is 1.00 bits per heavy atom. The van der Waals surface area contributed by atoms with Crippen LogP contribution in [0.15, 0.2) is 48.5 Å². The highest BCUT2D eigenvalue weighted by atomic mass is 19.1. The Balaban J connectivity index is 2.08. The molecule has 0 radical (unpaired) electrons. The number of halogens is 1. The van der Waals surface area contributed by atoms with Gasteiger partial charge in [0.1, 0.15) is 0 Å². The van der Waals surface area contributed by atoms with Crippen molar-refractivity contribution in [1.82, 2.24) is 0 Å². The van der Waals surface area contributed by atoms with Crippen molar-refractivity contribution in [3.8, 4) is 5.75 Å². The maximum absolute atomic E-state index is 13.5. The van der Waals surface area contributed by atoms with Crippen LogP contribution in [-0.2, 0) is 4.74 Å². The lowest BCUT2D eigenvalue weighted by molar-refractivity contribution is 0.0499. The molecule has 2 aromatic carbocycles. The second kappa shape index (κ2) is 8.08. The molecule has 0 atom stereocenters. The number of benzene rings is 2. The Morgan fingerprint density at radius 2 is 1.70 bits per heavy atom. The molecule has 0 aliphatic heterocycles. The van der Waals surface area contributed by atoms with E-state index >= 15 is 0 Å². The fourth-order valence-electron chi connectivity index (χ4n) is 1.85. The van der Waals surface area contributed by atoms with Gasteiger partial charge >= 0.3 is 11.9 Å². The van der Waals surface area contributed by atoms with E-state index in [0.29, 0.717) is 6.61 Å². The van der Waals surface area contributed by atoms with Gasteiger partial charge in [-0.1, -0.05) is 31.5 Å². The molecule has 5 heteroatoms. The molecule has 0 aliphatic rings. The fourth-order valence-corrected chi connectivity index (χ4v) is 1.85. The summed E-state index contributed by atoms with van der Waals surface area (Å²) in [7, 11) is 0. The van der Waals surface area contributed by atoms with E-state index in [9.17, 15) is 14.0 Å². The van der Waals surface area contributed by atoms with Crippen molar-refractivity contribution in [3.05, 3.63) is 65.5 Å². The molecule has 0 amide bonds. The number of hydrogen-bond acceptors (Lipinski definition) is 4. The van der Waals surface area contributed by atoms with Gasteiger partial charge in [0, 0.05) is 0 Å². The Labute approximate surface area is 133 Å². The van der Waals surface area contributed by atoms with Crippen LogP contribution in [0.5, 0.6) is 5.75 Å². The third-order valence-electron chi connectivity index (χ3n) is 3.10. The Bertz CT molecular complexity index is 697. The lowest BCUT2D eigenvalue weighted by atomic mass is 10.1. The number of carbonyl (C=O) groups is 2. The highest BCUT2D eigenvalue weighted by Crippen LogP contribution is 2.17. The summed E-state index contributed by atoms with van der Waals surface area (Å²) in [6.07, 6.45) is 1.70. The lowest BCUT2D eigenvalue weighted by Gasteiger charge is -2.07. The van der Waals surface area contributed by atoms with Crippen LogP contribution in [0, 0.1) is 5.82 Å². The quantitative estimate of drug-likeness (QED) is 0.459. The van der Waals surface area contributed by atoms with Gasteiger partial charge in [0.15, 0.2) is 11.6 Å². The van der Waals surface area contributed by atoms with E-state index in [1.807, 2.05) is 6.92 Å². The summed E-state index contributed by atoms with van der Waals surface area (Å²) in [5.41, 5.74) is 0.405. The standard InChI is InChI=1S/C18H17FO4/c1-2-3-11-22-17(20)13-7-6-8-14(12-13)18(21)23-16-10-5-4-9-15(16)19/h4-10,12H,2-3,11H2,1H3. The number of esters is 2. The van der Waals surface area contributed by atoms with Gasteiger partial charge in [-0.25, -0.2) is 14.0 Å². The van der Waals surface area contributed by atoms with Crippen molar-refractivity contribution < 1.29 is 23.5 Å². The SMILES string of the molecule is CCCCOC(=O)c1cccc(C(=O)Oc2ccccc2F)c1. The summed E-state index contributed by atoms with van der Waals surface area (Å²) < 4.78 is 23.6. The number of rotatable bonds is 6. The molecular formula is C18H17FO4. The molecule has 0 aromatic heterocycles. The first-order valence-corrected chi connectivity index (χ1v) is 7.35. The van der Waals surface area contributed by atoms with E-state index in [-0.39, 0.29) is 16.9 Å². The minimum Gasteiger partial charge on any atom is -0.462 e. The van der Waals surface area contributed by atoms with Crippen LogP contribution in [-0.4, -0.2) is 18.5 Å². The second-order valence-corrected chi connectivity index (χ2v) is 4.89. The first kappa shape index (κ1) is 16.7. The Kier molecular flexibility index (Phi) is 5.86. The van der Waals surface area contributed by atoms with Gasteiger partial charge in [0.05, 0.1) is 17.7 Å². The van der Waals surface area contributed by atoms with E-state index in [1.165, 1.54) is 30.3 Å². The van der Waals surface area contributed by atoms with Crippen molar-refractivity contribution in [2.24, 2.45) is 0 Å². The second-order valence-electron chi connectivity index (χ2n) is 4.89. The van der Waals surface area contributed by atoms with Crippen LogP contribution < -0.4 is 4.74 Å². The minimum atomic E-state index is -0.738. The zero-order chi connectivity index (χ0) is 16.7. The topological polar surface area (TPSA) is 52.6 Å². The van der Waals surface area contributed by atoms with Gasteiger partial charge in [0.2, 0.25) is 0 Å². The van der Waals surface area contributed by atoms with Crippen molar-refractivity contribution in [2.45, 2.75) is 19.8 Å². The summed E-state index contributed by atoms with van der Waals surface area (Å²) >= 11 is 0. The van der Waals surface area contributed by atoms with Gasteiger partial charge in [-0.2, -0.15) is 0 Å². The number of unbranched alkanes of at least 4 members (excludes halogenated alkanes) is 1. The third-order valence-corrected chi connectivity index (χ3v) is 3.10. The molecule has 0 unspecified atom stereocenters. The number of carbonyl (C=O) groups excluding carboxylic acids is 2.